The molecule has 172 valence electrons. The highest BCUT2D eigenvalue weighted by molar-refractivity contribution is 5.81. The predicted octanol–water partition coefficient (Wildman–Crippen LogP) is 5.96. The first-order chi connectivity index (χ1) is 13.8. The van der Waals surface area contributed by atoms with E-state index in [9.17, 15) is 18.0 Å². The van der Waals surface area contributed by atoms with Gasteiger partial charge in [0.05, 0.1) is 13.0 Å². The summed E-state index contributed by atoms with van der Waals surface area (Å²) in [7, 11) is 0. The molecule has 0 bridgehead atoms. The Bertz CT molecular complexity index is 639. The summed E-state index contributed by atoms with van der Waals surface area (Å²) >= 11 is 0. The van der Waals surface area contributed by atoms with E-state index in [-0.39, 0.29) is 6.42 Å². The first-order valence-corrected chi connectivity index (χ1v) is 10.7. The van der Waals surface area contributed by atoms with Crippen LogP contribution in [-0.4, -0.2) is 29.9 Å². The Morgan fingerprint density at radius 1 is 0.967 bits per heavy atom. The van der Waals surface area contributed by atoms with Gasteiger partial charge in [0, 0.05) is 6.42 Å². The first kappa shape index (κ1) is 26.3. The summed E-state index contributed by atoms with van der Waals surface area (Å²) in [6.07, 6.45) is 0.644. The Morgan fingerprint density at radius 2 is 1.53 bits per heavy atom. The van der Waals surface area contributed by atoms with E-state index in [1.807, 2.05) is 0 Å². The van der Waals surface area contributed by atoms with Crippen LogP contribution in [0.2, 0.25) is 0 Å². The van der Waals surface area contributed by atoms with Gasteiger partial charge in [-0.15, -0.1) is 0 Å². The van der Waals surface area contributed by atoms with E-state index in [0.717, 1.165) is 12.8 Å². The zero-order valence-electron chi connectivity index (χ0n) is 18.6. The molecule has 0 heterocycles. The number of halogens is 3. The number of alkyl halides is 3. The Morgan fingerprint density at radius 3 is 2.07 bits per heavy atom. The third kappa shape index (κ3) is 10.9. The molecule has 1 aromatic carbocycles. The normalized spacial score (nSPS) is 14.3. The number of rotatable bonds is 12. The lowest BCUT2D eigenvalue weighted by atomic mass is 9.88. The fourth-order valence-electron chi connectivity index (χ4n) is 3.08. The van der Waals surface area contributed by atoms with Crippen molar-refractivity contribution >= 4 is 5.97 Å². The summed E-state index contributed by atoms with van der Waals surface area (Å²) in [5, 5.41) is 0. The van der Waals surface area contributed by atoms with Gasteiger partial charge in [-0.2, -0.15) is 13.2 Å². The highest BCUT2D eigenvalue weighted by atomic mass is 19.4. The van der Waals surface area contributed by atoms with Gasteiger partial charge in [0.15, 0.2) is 0 Å². The fraction of sp³-hybridized carbons (Fsp3) is 0.696. The molecule has 0 spiro atoms. The van der Waals surface area contributed by atoms with Gasteiger partial charge in [0.1, 0.15) is 16.9 Å². The molecule has 1 rings (SSSR count). The average molecular weight is 432 g/mol. The third-order valence-electron chi connectivity index (χ3n) is 4.53. The number of ether oxygens (including phenoxy) is 2. The maximum absolute atomic E-state index is 13.1. The molecule has 0 aliphatic heterocycles. The molecule has 0 fully saturated rings. The summed E-state index contributed by atoms with van der Waals surface area (Å²) in [6.45, 7) is 7.55. The molecule has 7 heteroatoms. The topological polar surface area (TPSA) is 61.5 Å². The molecule has 0 amide bonds. The number of hydrogen-bond donors (Lipinski definition) is 1. The monoisotopic (exact) mass is 431 g/mol. The Balaban J connectivity index is 2.68. The predicted molar refractivity (Wildman–Crippen MR) is 112 cm³/mol. The second kappa shape index (κ2) is 11.6. The van der Waals surface area contributed by atoms with Crippen LogP contribution in [0.1, 0.15) is 78.2 Å². The number of carbonyl (C=O) groups is 1. The molecule has 4 nitrogen and oxygen atoms in total. The van der Waals surface area contributed by atoms with Crippen LogP contribution in [0.5, 0.6) is 5.75 Å². The average Bonchev–Trinajstić information content (AvgIpc) is 2.59. The summed E-state index contributed by atoms with van der Waals surface area (Å²) in [6, 6.07) is 6.66. The lowest BCUT2D eigenvalue weighted by Crippen LogP contribution is -2.55. The van der Waals surface area contributed by atoms with Gasteiger partial charge in [-0.25, -0.2) is 0 Å². The van der Waals surface area contributed by atoms with Crippen molar-refractivity contribution < 1.29 is 27.4 Å². The van der Waals surface area contributed by atoms with Gasteiger partial charge in [0.2, 0.25) is 0 Å². The lowest BCUT2D eigenvalue weighted by Gasteiger charge is -2.32. The molecule has 1 atom stereocenters. The Kier molecular flexibility index (Phi) is 10.1. The molecule has 30 heavy (non-hydrogen) atoms. The van der Waals surface area contributed by atoms with Crippen LogP contribution in [0.15, 0.2) is 24.3 Å². The number of nitrogens with two attached hydrogens (primary N) is 1. The van der Waals surface area contributed by atoms with Gasteiger partial charge in [0.25, 0.3) is 0 Å². The molecular formula is C23H36F3NO3. The highest BCUT2D eigenvalue weighted by Gasteiger charge is 2.47. The molecule has 0 aliphatic carbocycles. The van der Waals surface area contributed by atoms with Gasteiger partial charge in [-0.05, 0) is 44.9 Å². The SMILES string of the molecule is CCCCCCCCOc1ccc(C[C@](N)(CC(F)(F)F)C(=O)OC(C)(C)C)cc1. The van der Waals surface area contributed by atoms with E-state index >= 15 is 0 Å². The molecule has 2 N–H and O–H groups in total. The second-order valence-electron chi connectivity index (χ2n) is 8.89. The van der Waals surface area contributed by atoms with Crippen molar-refractivity contribution in [3.05, 3.63) is 29.8 Å². The van der Waals surface area contributed by atoms with E-state index in [1.54, 1.807) is 45.0 Å². The van der Waals surface area contributed by atoms with Gasteiger partial charge >= 0.3 is 12.1 Å². The van der Waals surface area contributed by atoms with Crippen LogP contribution in [-0.2, 0) is 16.0 Å². The van der Waals surface area contributed by atoms with Crippen molar-refractivity contribution in [2.45, 2.75) is 96.4 Å². The summed E-state index contributed by atoms with van der Waals surface area (Å²) < 4.78 is 50.1. The summed E-state index contributed by atoms with van der Waals surface area (Å²) in [4.78, 5) is 12.4. The van der Waals surface area contributed by atoms with Crippen molar-refractivity contribution in [3.8, 4) is 5.75 Å². The molecule has 0 saturated carbocycles. The second-order valence-corrected chi connectivity index (χ2v) is 8.89. The summed E-state index contributed by atoms with van der Waals surface area (Å²) in [5.74, 6) is -0.418. The summed E-state index contributed by atoms with van der Waals surface area (Å²) in [5.41, 5.74) is 3.32. The number of benzene rings is 1. The minimum absolute atomic E-state index is 0.279. The van der Waals surface area contributed by atoms with E-state index in [4.69, 9.17) is 15.2 Å². The number of esters is 1. The smallest absolute Gasteiger partial charge is 0.391 e. The van der Waals surface area contributed by atoms with Crippen LogP contribution in [0, 0.1) is 0 Å². The quantitative estimate of drug-likeness (QED) is 0.328. The Hall–Kier alpha value is -1.76. The molecule has 0 unspecified atom stereocenters. The van der Waals surface area contributed by atoms with Crippen LogP contribution in [0.3, 0.4) is 0 Å². The van der Waals surface area contributed by atoms with Crippen molar-refractivity contribution in [1.29, 1.82) is 0 Å². The number of carbonyl (C=O) groups excluding carboxylic acids is 1. The maximum atomic E-state index is 13.1. The van der Waals surface area contributed by atoms with E-state index < -0.39 is 29.7 Å². The van der Waals surface area contributed by atoms with Crippen LogP contribution >= 0.6 is 0 Å². The fourth-order valence-corrected chi connectivity index (χ4v) is 3.08. The highest BCUT2D eigenvalue weighted by Crippen LogP contribution is 2.31. The maximum Gasteiger partial charge on any atom is 0.391 e. The van der Waals surface area contributed by atoms with Crippen LogP contribution in [0.4, 0.5) is 13.2 Å². The number of hydrogen-bond acceptors (Lipinski definition) is 4. The molecule has 1 aromatic rings. The molecule has 0 aromatic heterocycles. The van der Waals surface area contributed by atoms with E-state index in [0.29, 0.717) is 17.9 Å². The van der Waals surface area contributed by atoms with Crippen molar-refractivity contribution in [1.82, 2.24) is 0 Å². The van der Waals surface area contributed by atoms with Crippen LogP contribution in [0.25, 0.3) is 0 Å². The zero-order valence-corrected chi connectivity index (χ0v) is 18.6. The molecule has 0 aliphatic rings. The minimum atomic E-state index is -4.59. The Labute approximate surface area is 178 Å². The largest absolute Gasteiger partial charge is 0.494 e. The van der Waals surface area contributed by atoms with Gasteiger partial charge in [-0.3, -0.25) is 4.79 Å². The standard InChI is InChI=1S/C23H36F3NO3/c1-5-6-7-8-9-10-15-29-19-13-11-18(12-14-19)16-22(27,17-23(24,25)26)20(28)30-21(2,3)4/h11-14H,5-10,15-17,27H2,1-4H3/t22-/m0/s1. The lowest BCUT2D eigenvalue weighted by molar-refractivity contribution is -0.179. The zero-order chi connectivity index (χ0) is 22.8. The molecule has 0 saturated heterocycles. The molecular weight excluding hydrogens is 395 g/mol. The van der Waals surface area contributed by atoms with Gasteiger partial charge < -0.3 is 15.2 Å². The number of unbranched alkanes of at least 4 members (excludes halogenated alkanes) is 5. The van der Waals surface area contributed by atoms with Gasteiger partial charge in [-0.1, -0.05) is 51.2 Å². The molecule has 0 radical (unpaired) electrons. The van der Waals surface area contributed by atoms with Crippen molar-refractivity contribution in [2.24, 2.45) is 5.73 Å². The van der Waals surface area contributed by atoms with Crippen molar-refractivity contribution in [2.75, 3.05) is 6.61 Å². The van der Waals surface area contributed by atoms with E-state index in [1.165, 1.54) is 25.7 Å². The third-order valence-corrected chi connectivity index (χ3v) is 4.53. The van der Waals surface area contributed by atoms with E-state index in [2.05, 4.69) is 6.92 Å². The van der Waals surface area contributed by atoms with Crippen LogP contribution < -0.4 is 10.5 Å². The van der Waals surface area contributed by atoms with Crippen molar-refractivity contribution in [3.63, 3.8) is 0 Å². The minimum Gasteiger partial charge on any atom is -0.494 e. The first-order valence-electron chi connectivity index (χ1n) is 10.7.